The lowest BCUT2D eigenvalue weighted by Gasteiger charge is -2.21. The normalized spacial score (nSPS) is 14.7. The Morgan fingerprint density at radius 3 is 1.00 bits per heavy atom. The van der Waals surface area contributed by atoms with Crippen LogP contribution in [0.1, 0.15) is 325 Å². The van der Waals surface area contributed by atoms with Gasteiger partial charge in [0.1, 0.15) is 19.3 Å². The molecule has 3 unspecified atom stereocenters. The van der Waals surface area contributed by atoms with Crippen molar-refractivity contribution in [3.8, 4) is 0 Å². The van der Waals surface area contributed by atoms with Gasteiger partial charge in [-0.3, -0.25) is 37.3 Å². The van der Waals surface area contributed by atoms with Gasteiger partial charge in [0.15, 0.2) is 12.2 Å². The number of rotatable bonds is 66. The number of hydrogen-bond donors (Lipinski definition) is 3. The van der Waals surface area contributed by atoms with Crippen LogP contribution in [0.15, 0.2) is 24.3 Å². The molecular formula is C70H132O17P2. The van der Waals surface area contributed by atoms with E-state index in [0.29, 0.717) is 31.6 Å². The zero-order valence-corrected chi connectivity index (χ0v) is 59.2. The number of aliphatic hydroxyl groups is 1. The van der Waals surface area contributed by atoms with Crippen LogP contribution in [-0.4, -0.2) is 96.7 Å². The quantitative estimate of drug-likeness (QED) is 0.0169. The lowest BCUT2D eigenvalue weighted by atomic mass is 10.00. The maximum atomic E-state index is 13.0. The van der Waals surface area contributed by atoms with Crippen molar-refractivity contribution < 1.29 is 80.2 Å². The molecule has 0 rings (SSSR count). The van der Waals surface area contributed by atoms with Gasteiger partial charge in [-0.1, -0.05) is 272 Å². The third-order valence-corrected chi connectivity index (χ3v) is 17.8. The molecule has 0 bridgehead atoms. The SMILES string of the molecule is CCCCCC/C=C\C=C/CCCCCCCC(=O)OC[C@H](COP(=O)(O)OC[C@@H](O)COP(=O)(O)OC[C@@H](COC(=O)CCCCCCCCC(C)CC)OC(=O)CCCCCCCCCCC(C)C)OC(=O)CCCCCCCCCCCCC(C)C. The third kappa shape index (κ3) is 62.7. The Morgan fingerprint density at radius 1 is 0.371 bits per heavy atom. The van der Waals surface area contributed by atoms with Crippen LogP contribution < -0.4 is 0 Å². The maximum absolute atomic E-state index is 13.0. The summed E-state index contributed by atoms with van der Waals surface area (Å²) in [6.45, 7) is 11.7. The van der Waals surface area contributed by atoms with E-state index in [4.69, 9.17) is 37.0 Å². The third-order valence-electron chi connectivity index (χ3n) is 15.9. The molecule has 0 aromatic rings. The largest absolute Gasteiger partial charge is 0.472 e. The zero-order chi connectivity index (χ0) is 65.9. The number of aliphatic hydroxyl groups excluding tert-OH is 1. The molecule has 0 saturated heterocycles. The Bertz CT molecular complexity index is 1840. The summed E-state index contributed by atoms with van der Waals surface area (Å²) in [6, 6.07) is 0. The molecule has 0 aliphatic rings. The summed E-state index contributed by atoms with van der Waals surface area (Å²) in [7, 11) is -9.91. The highest BCUT2D eigenvalue weighted by molar-refractivity contribution is 7.47. The van der Waals surface area contributed by atoms with Gasteiger partial charge in [-0.05, 0) is 69.1 Å². The fraction of sp³-hybridized carbons (Fsp3) is 0.886. The van der Waals surface area contributed by atoms with Gasteiger partial charge in [0.2, 0.25) is 0 Å². The van der Waals surface area contributed by atoms with E-state index in [1.807, 2.05) is 0 Å². The number of allylic oxidation sites excluding steroid dienone is 4. The first-order chi connectivity index (χ1) is 42.8. The molecule has 0 amide bonds. The molecule has 0 fully saturated rings. The molecule has 0 saturated carbocycles. The number of carbonyl (C=O) groups is 4. The average Bonchev–Trinajstić information content (AvgIpc) is 3.71. The van der Waals surface area contributed by atoms with E-state index < -0.39 is 97.5 Å². The van der Waals surface area contributed by atoms with Crippen molar-refractivity contribution in [3.05, 3.63) is 24.3 Å². The van der Waals surface area contributed by atoms with Gasteiger partial charge in [0.05, 0.1) is 26.4 Å². The van der Waals surface area contributed by atoms with Crippen molar-refractivity contribution in [1.82, 2.24) is 0 Å². The van der Waals surface area contributed by atoms with Crippen LogP contribution in [0.2, 0.25) is 0 Å². The molecule has 0 heterocycles. The molecule has 19 heteroatoms. The second-order valence-electron chi connectivity index (χ2n) is 25.8. The fourth-order valence-corrected chi connectivity index (χ4v) is 11.5. The smallest absolute Gasteiger partial charge is 0.462 e. The minimum absolute atomic E-state index is 0.0984. The molecular weight excluding hydrogens is 1170 g/mol. The standard InChI is InChI=1S/C70H132O17P2/c1-8-10-11-12-13-14-15-16-17-18-19-23-29-37-44-51-67(72)80-57-65(86-69(74)53-46-39-30-24-21-20-22-27-34-41-48-61(3)4)59-84-88(76,77)82-55-64(71)56-83-89(78,79)85-60-66(58-81-68(73)52-45-38-33-32-36-43-50-63(7)9-2)87-70(75)54-47-40-31-26-25-28-35-42-49-62(5)6/h14-17,61-66,71H,8-13,18-60H2,1-7H3,(H,76,77)(H,78,79)/b15-14-,17-16-/t63?,64-,65-,66-/m1/s1. The van der Waals surface area contributed by atoms with Crippen LogP contribution in [-0.2, 0) is 65.4 Å². The summed E-state index contributed by atoms with van der Waals surface area (Å²) in [5.74, 6) is 0.0351. The van der Waals surface area contributed by atoms with Gasteiger partial charge in [-0.2, -0.15) is 0 Å². The fourth-order valence-electron chi connectivity index (χ4n) is 9.97. The van der Waals surface area contributed by atoms with E-state index in [9.17, 15) is 43.2 Å². The Kier molecular flexibility index (Phi) is 58.8. The Morgan fingerprint density at radius 2 is 0.663 bits per heavy atom. The lowest BCUT2D eigenvalue weighted by Crippen LogP contribution is -2.30. The van der Waals surface area contributed by atoms with E-state index in [0.717, 1.165) is 127 Å². The van der Waals surface area contributed by atoms with Gasteiger partial charge in [-0.15, -0.1) is 0 Å². The summed E-state index contributed by atoms with van der Waals surface area (Å²) >= 11 is 0. The average molecular weight is 1310 g/mol. The summed E-state index contributed by atoms with van der Waals surface area (Å²) in [6.07, 6.45) is 46.7. The van der Waals surface area contributed by atoms with Crippen LogP contribution in [0, 0.1) is 17.8 Å². The molecule has 89 heavy (non-hydrogen) atoms. The molecule has 3 N–H and O–H groups in total. The van der Waals surface area contributed by atoms with Crippen molar-refractivity contribution in [2.75, 3.05) is 39.6 Å². The summed E-state index contributed by atoms with van der Waals surface area (Å²) in [5.41, 5.74) is 0. The van der Waals surface area contributed by atoms with E-state index >= 15 is 0 Å². The summed E-state index contributed by atoms with van der Waals surface area (Å²) in [5, 5.41) is 10.6. The molecule has 6 atom stereocenters. The van der Waals surface area contributed by atoms with Gasteiger partial charge in [-0.25, -0.2) is 9.13 Å². The number of unbranched alkanes of at least 4 members (excludes halogenated alkanes) is 30. The maximum Gasteiger partial charge on any atom is 0.472 e. The number of esters is 4. The minimum Gasteiger partial charge on any atom is -0.462 e. The molecule has 0 radical (unpaired) electrons. The molecule has 0 spiro atoms. The molecule has 0 aromatic heterocycles. The van der Waals surface area contributed by atoms with Crippen molar-refractivity contribution in [2.24, 2.45) is 17.8 Å². The predicted molar refractivity (Wildman–Crippen MR) is 358 cm³/mol. The first kappa shape index (κ1) is 86.5. The van der Waals surface area contributed by atoms with Crippen LogP contribution >= 0.6 is 15.6 Å². The number of phosphoric acid groups is 2. The number of carbonyl (C=O) groups excluding carboxylic acids is 4. The lowest BCUT2D eigenvalue weighted by molar-refractivity contribution is -0.161. The van der Waals surface area contributed by atoms with Gasteiger partial charge >= 0.3 is 39.5 Å². The Balaban J connectivity index is 5.29. The Labute approximate surface area is 542 Å². The zero-order valence-electron chi connectivity index (χ0n) is 57.4. The van der Waals surface area contributed by atoms with Crippen molar-refractivity contribution in [2.45, 2.75) is 343 Å². The molecule has 0 aliphatic carbocycles. The van der Waals surface area contributed by atoms with Gasteiger partial charge in [0, 0.05) is 25.7 Å². The van der Waals surface area contributed by atoms with Crippen LogP contribution in [0.5, 0.6) is 0 Å². The van der Waals surface area contributed by atoms with Crippen LogP contribution in [0.4, 0.5) is 0 Å². The van der Waals surface area contributed by atoms with Crippen molar-refractivity contribution in [1.29, 1.82) is 0 Å². The highest BCUT2D eigenvalue weighted by atomic mass is 31.2. The summed E-state index contributed by atoms with van der Waals surface area (Å²) in [4.78, 5) is 72.5. The van der Waals surface area contributed by atoms with E-state index in [2.05, 4.69) is 72.8 Å². The first-order valence-electron chi connectivity index (χ1n) is 35.7. The monoisotopic (exact) mass is 1310 g/mol. The molecule has 0 aromatic carbocycles. The summed E-state index contributed by atoms with van der Waals surface area (Å²) < 4.78 is 68.2. The second-order valence-corrected chi connectivity index (χ2v) is 28.7. The van der Waals surface area contributed by atoms with Crippen molar-refractivity contribution >= 4 is 39.5 Å². The Hall–Kier alpha value is -2.46. The minimum atomic E-state index is -4.96. The first-order valence-corrected chi connectivity index (χ1v) is 38.7. The van der Waals surface area contributed by atoms with E-state index in [1.54, 1.807) is 0 Å². The second kappa shape index (κ2) is 60.5. The van der Waals surface area contributed by atoms with Gasteiger partial charge < -0.3 is 33.8 Å². The number of phosphoric ester groups is 2. The topological polar surface area (TPSA) is 237 Å². The highest BCUT2D eigenvalue weighted by Crippen LogP contribution is 2.45. The van der Waals surface area contributed by atoms with Gasteiger partial charge in [0.25, 0.3) is 0 Å². The number of hydrogen-bond acceptors (Lipinski definition) is 15. The van der Waals surface area contributed by atoms with E-state index in [1.165, 1.54) is 109 Å². The highest BCUT2D eigenvalue weighted by Gasteiger charge is 2.30. The van der Waals surface area contributed by atoms with Crippen molar-refractivity contribution in [3.63, 3.8) is 0 Å². The predicted octanol–water partition coefficient (Wildman–Crippen LogP) is 19.4. The molecule has 0 aliphatic heterocycles. The number of ether oxygens (including phenoxy) is 4. The van der Waals surface area contributed by atoms with Crippen LogP contribution in [0.3, 0.4) is 0 Å². The van der Waals surface area contributed by atoms with Crippen LogP contribution in [0.25, 0.3) is 0 Å². The van der Waals surface area contributed by atoms with E-state index in [-0.39, 0.29) is 25.7 Å². The molecule has 17 nitrogen and oxygen atoms in total. The molecule has 524 valence electrons.